The number of fused-ring (bicyclic) bond motifs is 1. The molecule has 0 saturated heterocycles. The Hall–Kier alpha value is -2.40. The molecular formula is C17H18O5. The molecule has 0 fully saturated rings. The fraction of sp³-hybridized carbons (Fsp3) is 0.294. The van der Waals surface area contributed by atoms with Gasteiger partial charge in [-0.3, -0.25) is 0 Å². The summed E-state index contributed by atoms with van der Waals surface area (Å²) < 4.78 is 21.5. The van der Waals surface area contributed by atoms with E-state index in [9.17, 15) is 5.11 Å². The van der Waals surface area contributed by atoms with Crippen LogP contribution in [0.4, 0.5) is 0 Å². The first-order valence-corrected chi connectivity index (χ1v) is 7.02. The number of hydrogen-bond acceptors (Lipinski definition) is 5. The second-order valence-electron chi connectivity index (χ2n) is 4.92. The van der Waals surface area contributed by atoms with Gasteiger partial charge < -0.3 is 24.1 Å². The molecule has 1 N–H and O–H groups in total. The highest BCUT2D eigenvalue weighted by molar-refractivity contribution is 5.48. The Morgan fingerprint density at radius 3 is 2.23 bits per heavy atom. The molecule has 0 amide bonds. The molecule has 2 aromatic carbocycles. The van der Waals surface area contributed by atoms with Gasteiger partial charge >= 0.3 is 0 Å². The van der Waals surface area contributed by atoms with Crippen molar-refractivity contribution in [2.24, 2.45) is 0 Å². The minimum absolute atomic E-state index is 0.517. The predicted octanol–water partition coefficient (Wildman–Crippen LogP) is 2.56. The molecule has 3 rings (SSSR count). The van der Waals surface area contributed by atoms with Crippen LogP contribution in [0.5, 0.6) is 23.0 Å². The van der Waals surface area contributed by atoms with Gasteiger partial charge in [-0.2, -0.15) is 0 Å². The van der Waals surface area contributed by atoms with E-state index in [4.69, 9.17) is 18.9 Å². The van der Waals surface area contributed by atoms with Crippen molar-refractivity contribution in [1.29, 1.82) is 0 Å². The zero-order chi connectivity index (χ0) is 15.5. The van der Waals surface area contributed by atoms with Crippen LogP contribution < -0.4 is 18.9 Å². The van der Waals surface area contributed by atoms with Gasteiger partial charge in [0.2, 0.25) is 0 Å². The van der Waals surface area contributed by atoms with Crippen LogP contribution in [0.1, 0.15) is 17.2 Å². The number of hydrogen-bond donors (Lipinski definition) is 1. The number of aliphatic hydroxyl groups is 1. The van der Waals surface area contributed by atoms with Gasteiger partial charge in [-0.15, -0.1) is 0 Å². The Balaban J connectivity index is 1.91. The molecule has 0 aromatic heterocycles. The van der Waals surface area contributed by atoms with E-state index in [2.05, 4.69) is 0 Å². The summed E-state index contributed by atoms with van der Waals surface area (Å²) in [7, 11) is 3.15. The number of methoxy groups -OCH3 is 2. The fourth-order valence-electron chi connectivity index (χ4n) is 2.45. The standard InChI is InChI=1S/C17H18O5/c1-19-13-5-3-11(9-15(13)20-2)17(18)12-4-6-14-16(10-12)22-8-7-21-14/h3-6,9-10,17-18H,7-8H2,1-2H3/t17-/m0/s1. The third-order valence-corrected chi connectivity index (χ3v) is 3.61. The maximum Gasteiger partial charge on any atom is 0.161 e. The molecule has 1 atom stereocenters. The van der Waals surface area contributed by atoms with E-state index in [1.165, 1.54) is 0 Å². The fourth-order valence-corrected chi connectivity index (χ4v) is 2.45. The third kappa shape index (κ3) is 2.67. The lowest BCUT2D eigenvalue weighted by molar-refractivity contribution is 0.169. The predicted molar refractivity (Wildman–Crippen MR) is 81.0 cm³/mol. The zero-order valence-corrected chi connectivity index (χ0v) is 12.5. The molecule has 0 aliphatic carbocycles. The summed E-state index contributed by atoms with van der Waals surface area (Å²) in [6.07, 6.45) is -0.782. The molecule has 22 heavy (non-hydrogen) atoms. The van der Waals surface area contributed by atoms with E-state index in [-0.39, 0.29) is 0 Å². The molecule has 0 radical (unpaired) electrons. The molecule has 116 valence electrons. The average Bonchev–Trinajstić information content (AvgIpc) is 2.60. The van der Waals surface area contributed by atoms with Gasteiger partial charge in [0.05, 0.1) is 14.2 Å². The van der Waals surface area contributed by atoms with Gasteiger partial charge in [0.15, 0.2) is 23.0 Å². The van der Waals surface area contributed by atoms with E-state index in [1.807, 2.05) is 18.2 Å². The minimum Gasteiger partial charge on any atom is -0.493 e. The maximum atomic E-state index is 10.6. The summed E-state index contributed by atoms with van der Waals surface area (Å²) in [5, 5.41) is 10.6. The lowest BCUT2D eigenvalue weighted by Gasteiger charge is -2.20. The van der Waals surface area contributed by atoms with Crippen molar-refractivity contribution < 1.29 is 24.1 Å². The smallest absolute Gasteiger partial charge is 0.161 e. The Labute approximate surface area is 129 Å². The minimum atomic E-state index is -0.782. The van der Waals surface area contributed by atoms with Crippen molar-refractivity contribution in [3.05, 3.63) is 47.5 Å². The van der Waals surface area contributed by atoms with Gasteiger partial charge in [0, 0.05) is 0 Å². The second kappa shape index (κ2) is 6.15. The van der Waals surface area contributed by atoms with Crippen molar-refractivity contribution in [1.82, 2.24) is 0 Å². The van der Waals surface area contributed by atoms with E-state index < -0.39 is 6.10 Å². The first kappa shape index (κ1) is 14.5. The van der Waals surface area contributed by atoms with Crippen LogP contribution in [-0.4, -0.2) is 32.5 Å². The summed E-state index contributed by atoms with van der Waals surface area (Å²) >= 11 is 0. The van der Waals surface area contributed by atoms with Gasteiger partial charge in [-0.1, -0.05) is 12.1 Å². The molecule has 1 aliphatic heterocycles. The molecule has 1 heterocycles. The van der Waals surface area contributed by atoms with Gasteiger partial charge in [-0.05, 0) is 35.4 Å². The van der Waals surface area contributed by atoms with E-state index in [0.29, 0.717) is 41.8 Å². The highest BCUT2D eigenvalue weighted by atomic mass is 16.6. The Bertz CT molecular complexity index is 629. The Morgan fingerprint density at radius 1 is 0.864 bits per heavy atom. The summed E-state index contributed by atoms with van der Waals surface area (Å²) in [5.74, 6) is 2.56. The van der Waals surface area contributed by atoms with Gasteiger partial charge in [0.1, 0.15) is 19.3 Å². The summed E-state index contributed by atoms with van der Waals surface area (Å²) in [6, 6.07) is 10.8. The largest absolute Gasteiger partial charge is 0.493 e. The van der Waals surface area contributed by atoms with Crippen molar-refractivity contribution in [2.75, 3.05) is 27.4 Å². The van der Waals surface area contributed by atoms with Crippen molar-refractivity contribution >= 4 is 0 Å². The van der Waals surface area contributed by atoms with Crippen LogP contribution in [-0.2, 0) is 0 Å². The molecule has 1 aliphatic rings. The van der Waals surface area contributed by atoms with Crippen LogP contribution in [0.25, 0.3) is 0 Å². The molecule has 0 bridgehead atoms. The molecule has 0 saturated carbocycles. The monoisotopic (exact) mass is 302 g/mol. The second-order valence-corrected chi connectivity index (χ2v) is 4.92. The molecule has 0 unspecified atom stereocenters. The lowest BCUT2D eigenvalue weighted by atomic mass is 10.0. The molecule has 5 heteroatoms. The number of aliphatic hydroxyl groups excluding tert-OH is 1. The van der Waals surface area contributed by atoms with E-state index in [0.717, 1.165) is 5.56 Å². The van der Waals surface area contributed by atoms with Crippen LogP contribution in [0, 0.1) is 0 Å². The van der Waals surface area contributed by atoms with Crippen molar-refractivity contribution in [3.8, 4) is 23.0 Å². The number of benzene rings is 2. The maximum absolute atomic E-state index is 10.6. The zero-order valence-electron chi connectivity index (χ0n) is 12.5. The first-order chi connectivity index (χ1) is 10.7. The number of ether oxygens (including phenoxy) is 4. The average molecular weight is 302 g/mol. The van der Waals surface area contributed by atoms with Crippen LogP contribution >= 0.6 is 0 Å². The Morgan fingerprint density at radius 2 is 1.50 bits per heavy atom. The summed E-state index contributed by atoms with van der Waals surface area (Å²) in [4.78, 5) is 0. The SMILES string of the molecule is COc1ccc([C@H](O)c2ccc3c(c2)OCCO3)cc1OC. The highest BCUT2D eigenvalue weighted by Gasteiger charge is 2.18. The van der Waals surface area contributed by atoms with Crippen molar-refractivity contribution in [2.45, 2.75) is 6.10 Å². The van der Waals surface area contributed by atoms with Gasteiger partial charge in [0.25, 0.3) is 0 Å². The van der Waals surface area contributed by atoms with Crippen LogP contribution in [0.2, 0.25) is 0 Å². The van der Waals surface area contributed by atoms with Crippen molar-refractivity contribution in [3.63, 3.8) is 0 Å². The first-order valence-electron chi connectivity index (χ1n) is 7.02. The lowest BCUT2D eigenvalue weighted by Crippen LogP contribution is -2.15. The number of rotatable bonds is 4. The van der Waals surface area contributed by atoms with Crippen LogP contribution in [0.3, 0.4) is 0 Å². The molecule has 2 aromatic rings. The third-order valence-electron chi connectivity index (χ3n) is 3.61. The molecule has 0 spiro atoms. The molecular weight excluding hydrogens is 284 g/mol. The normalized spacial score (nSPS) is 14.3. The van der Waals surface area contributed by atoms with E-state index >= 15 is 0 Å². The summed E-state index contributed by atoms with van der Waals surface area (Å²) in [6.45, 7) is 1.06. The Kier molecular flexibility index (Phi) is 4.06. The topological polar surface area (TPSA) is 57.2 Å². The molecule has 5 nitrogen and oxygen atoms in total. The van der Waals surface area contributed by atoms with E-state index in [1.54, 1.807) is 32.4 Å². The van der Waals surface area contributed by atoms with Crippen LogP contribution in [0.15, 0.2) is 36.4 Å². The highest BCUT2D eigenvalue weighted by Crippen LogP contribution is 2.36. The quantitative estimate of drug-likeness (QED) is 0.940. The van der Waals surface area contributed by atoms with Gasteiger partial charge in [-0.25, -0.2) is 0 Å². The summed E-state index contributed by atoms with van der Waals surface area (Å²) in [5.41, 5.74) is 1.45.